The molecule has 0 aliphatic rings. The van der Waals surface area contributed by atoms with Crippen LogP contribution in [0, 0.1) is 10.1 Å². The minimum Gasteiger partial charge on any atom is -0.305 e. The van der Waals surface area contributed by atoms with Gasteiger partial charge < -0.3 is 5.43 Å². The fourth-order valence-electron chi connectivity index (χ4n) is 1.73. The quantitative estimate of drug-likeness (QED) is 0.369. The molecule has 116 valence electrons. The second-order valence-electron chi connectivity index (χ2n) is 4.47. The third-order valence-corrected chi connectivity index (χ3v) is 2.90. The highest BCUT2D eigenvalue weighted by atomic mass is 16.6. The molecule has 2 rings (SSSR count). The van der Waals surface area contributed by atoms with Crippen molar-refractivity contribution in [2.45, 2.75) is 0 Å². The first-order valence-corrected chi connectivity index (χ1v) is 6.64. The summed E-state index contributed by atoms with van der Waals surface area (Å²) in [5.41, 5.74) is 5.54. The first-order valence-electron chi connectivity index (χ1n) is 6.64. The lowest BCUT2D eigenvalue weighted by atomic mass is 10.1. The van der Waals surface area contributed by atoms with E-state index in [1.807, 2.05) is 6.07 Å². The summed E-state index contributed by atoms with van der Waals surface area (Å²) >= 11 is 0. The van der Waals surface area contributed by atoms with Crippen LogP contribution in [0.15, 0.2) is 66.9 Å². The van der Waals surface area contributed by atoms with Gasteiger partial charge in [-0.1, -0.05) is 30.3 Å². The predicted molar refractivity (Wildman–Crippen MR) is 83.6 cm³/mol. The molecule has 0 spiro atoms. The zero-order chi connectivity index (χ0) is 16.7. The Hall–Kier alpha value is -3.48. The van der Waals surface area contributed by atoms with Crippen LogP contribution >= 0.6 is 0 Å². The molecule has 0 aliphatic carbocycles. The number of carbonyl (C=O) groups excluding carboxylic acids is 2. The number of hydrogen-bond donors (Lipinski definition) is 2. The summed E-state index contributed by atoms with van der Waals surface area (Å²) < 4.78 is 0. The fourth-order valence-corrected chi connectivity index (χ4v) is 1.73. The minimum atomic E-state index is -0.544. The number of hydrazine groups is 1. The van der Waals surface area contributed by atoms with Gasteiger partial charge in [-0.25, -0.2) is 0 Å². The van der Waals surface area contributed by atoms with Gasteiger partial charge in [0.25, 0.3) is 11.6 Å². The second kappa shape index (κ2) is 7.51. The van der Waals surface area contributed by atoms with Gasteiger partial charge in [0.1, 0.15) is 0 Å². The molecule has 0 bridgehead atoms. The Bertz CT molecular complexity index is 740. The number of non-ortho nitro benzene ring substituents is 1. The molecule has 0 saturated heterocycles. The van der Waals surface area contributed by atoms with Crippen molar-refractivity contribution in [3.63, 3.8) is 0 Å². The molecule has 0 unspecified atom stereocenters. The molecule has 0 radical (unpaired) electrons. The minimum absolute atomic E-state index is 0.0946. The Morgan fingerprint density at radius 1 is 0.957 bits per heavy atom. The summed E-state index contributed by atoms with van der Waals surface area (Å²) in [4.78, 5) is 33.5. The molecule has 2 N–H and O–H groups in total. The molecule has 2 aromatic rings. The first-order chi connectivity index (χ1) is 11.1. The van der Waals surface area contributed by atoms with Crippen molar-refractivity contribution < 1.29 is 14.5 Å². The van der Waals surface area contributed by atoms with Crippen molar-refractivity contribution in [2.24, 2.45) is 0 Å². The number of benzene rings is 2. The van der Waals surface area contributed by atoms with Crippen LogP contribution in [0.25, 0.3) is 0 Å². The van der Waals surface area contributed by atoms with Crippen molar-refractivity contribution in [3.05, 3.63) is 88.1 Å². The van der Waals surface area contributed by atoms with E-state index in [1.54, 1.807) is 24.3 Å². The lowest BCUT2D eigenvalue weighted by Gasteiger charge is -2.04. The first kappa shape index (κ1) is 15.9. The largest absolute Gasteiger partial charge is 0.305 e. The number of amides is 1. The predicted octanol–water partition coefficient (Wildman–Crippen LogP) is 2.23. The lowest BCUT2D eigenvalue weighted by Crippen LogP contribution is -2.33. The highest BCUT2D eigenvalue weighted by molar-refractivity contribution is 6.04. The highest BCUT2D eigenvalue weighted by Crippen LogP contribution is 2.11. The maximum Gasteiger partial charge on any atom is 0.269 e. The molecule has 7 nitrogen and oxygen atoms in total. The van der Waals surface area contributed by atoms with Crippen molar-refractivity contribution >= 4 is 17.4 Å². The zero-order valence-electron chi connectivity index (χ0n) is 11.9. The van der Waals surface area contributed by atoms with E-state index >= 15 is 0 Å². The number of hydrogen-bond acceptors (Lipinski definition) is 5. The Kier molecular flexibility index (Phi) is 5.19. The Morgan fingerprint density at radius 3 is 2.22 bits per heavy atom. The van der Waals surface area contributed by atoms with E-state index in [4.69, 9.17) is 0 Å². The highest BCUT2D eigenvalue weighted by Gasteiger charge is 2.08. The molecular weight excluding hydrogens is 298 g/mol. The average molecular weight is 311 g/mol. The Morgan fingerprint density at radius 2 is 1.61 bits per heavy atom. The monoisotopic (exact) mass is 311 g/mol. The number of ketones is 1. The molecule has 2 aromatic carbocycles. The summed E-state index contributed by atoms with van der Waals surface area (Å²) in [5.74, 6) is -0.681. The Balaban J connectivity index is 1.86. The number of nitrogens with zero attached hydrogens (tertiary/aromatic N) is 1. The fraction of sp³-hybridized carbons (Fsp3) is 0. The maximum absolute atomic E-state index is 11.8. The van der Waals surface area contributed by atoms with Crippen molar-refractivity contribution in [1.82, 2.24) is 10.9 Å². The number of nitro groups is 1. The standard InChI is InChI=1S/C16H13N3O4/c20-15(12-4-2-1-3-5-12)10-11-17-18-16(21)13-6-8-14(9-7-13)19(22)23/h1-11,17H,(H,18,21)/b11-10+. The van der Waals surface area contributed by atoms with Gasteiger partial charge in [0, 0.05) is 35.5 Å². The van der Waals surface area contributed by atoms with E-state index in [0.717, 1.165) is 0 Å². The summed E-state index contributed by atoms with van der Waals surface area (Å²) in [6.45, 7) is 0. The van der Waals surface area contributed by atoms with E-state index in [0.29, 0.717) is 5.56 Å². The Labute approximate surface area is 131 Å². The molecular formula is C16H13N3O4. The van der Waals surface area contributed by atoms with Crippen LogP contribution in [0.1, 0.15) is 20.7 Å². The molecule has 0 saturated carbocycles. The second-order valence-corrected chi connectivity index (χ2v) is 4.47. The van der Waals surface area contributed by atoms with E-state index in [1.165, 1.54) is 36.5 Å². The summed E-state index contributed by atoms with van der Waals surface area (Å²) in [6.07, 6.45) is 2.59. The van der Waals surface area contributed by atoms with Crippen LogP contribution in [-0.4, -0.2) is 16.6 Å². The summed E-state index contributed by atoms with van der Waals surface area (Å²) in [5, 5.41) is 10.5. The topological polar surface area (TPSA) is 101 Å². The van der Waals surface area contributed by atoms with E-state index in [2.05, 4.69) is 10.9 Å². The van der Waals surface area contributed by atoms with Gasteiger partial charge in [-0.3, -0.25) is 25.1 Å². The van der Waals surface area contributed by atoms with E-state index in [9.17, 15) is 19.7 Å². The number of rotatable bonds is 6. The molecule has 0 aromatic heterocycles. The molecule has 23 heavy (non-hydrogen) atoms. The normalized spacial score (nSPS) is 10.3. The number of nitro benzene ring substituents is 1. The van der Waals surface area contributed by atoms with Crippen LogP contribution < -0.4 is 10.9 Å². The van der Waals surface area contributed by atoms with Crippen LogP contribution in [0.3, 0.4) is 0 Å². The summed E-state index contributed by atoms with van der Waals surface area (Å²) in [6, 6.07) is 13.8. The van der Waals surface area contributed by atoms with Crippen LogP contribution in [0.4, 0.5) is 5.69 Å². The van der Waals surface area contributed by atoms with Gasteiger partial charge >= 0.3 is 0 Å². The van der Waals surface area contributed by atoms with Gasteiger partial charge in [0.05, 0.1) is 4.92 Å². The van der Waals surface area contributed by atoms with Crippen LogP contribution in [-0.2, 0) is 0 Å². The molecule has 0 aliphatic heterocycles. The zero-order valence-corrected chi connectivity index (χ0v) is 11.9. The van der Waals surface area contributed by atoms with Crippen LogP contribution in [0.2, 0.25) is 0 Å². The molecule has 1 amide bonds. The van der Waals surface area contributed by atoms with Gasteiger partial charge in [0.15, 0.2) is 5.78 Å². The average Bonchev–Trinajstić information content (AvgIpc) is 2.59. The number of nitrogens with one attached hydrogen (secondary N) is 2. The van der Waals surface area contributed by atoms with E-state index in [-0.39, 0.29) is 17.0 Å². The van der Waals surface area contributed by atoms with E-state index < -0.39 is 10.8 Å². The maximum atomic E-state index is 11.8. The van der Waals surface area contributed by atoms with Gasteiger partial charge in [-0.05, 0) is 12.1 Å². The van der Waals surface area contributed by atoms with Crippen molar-refractivity contribution in [2.75, 3.05) is 0 Å². The number of allylic oxidation sites excluding steroid dienone is 1. The van der Waals surface area contributed by atoms with Crippen molar-refractivity contribution in [1.29, 1.82) is 0 Å². The van der Waals surface area contributed by atoms with Crippen LogP contribution in [0.5, 0.6) is 0 Å². The lowest BCUT2D eigenvalue weighted by molar-refractivity contribution is -0.384. The molecule has 0 atom stereocenters. The molecule has 0 fully saturated rings. The SMILES string of the molecule is O=C(/C=C/NNC(=O)c1ccc([N+](=O)[O-])cc1)c1ccccc1. The third kappa shape index (κ3) is 4.50. The van der Waals surface area contributed by atoms with Gasteiger partial charge in [-0.15, -0.1) is 0 Å². The smallest absolute Gasteiger partial charge is 0.269 e. The molecule has 7 heteroatoms. The third-order valence-electron chi connectivity index (χ3n) is 2.90. The van der Waals surface area contributed by atoms with Gasteiger partial charge in [-0.2, -0.15) is 0 Å². The van der Waals surface area contributed by atoms with Crippen molar-refractivity contribution in [3.8, 4) is 0 Å². The molecule has 0 heterocycles. The van der Waals surface area contributed by atoms with Gasteiger partial charge in [0.2, 0.25) is 0 Å². The number of carbonyl (C=O) groups is 2. The summed E-state index contributed by atoms with van der Waals surface area (Å²) in [7, 11) is 0.